The molecular formula is C14H12F3NO2. The maximum Gasteiger partial charge on any atom is 0.416 e. The second kappa shape index (κ2) is 5.50. The van der Waals surface area contributed by atoms with Gasteiger partial charge in [0, 0.05) is 18.0 Å². The van der Waals surface area contributed by atoms with Crippen LogP contribution in [0, 0.1) is 0 Å². The Morgan fingerprint density at radius 1 is 1.25 bits per heavy atom. The predicted molar refractivity (Wildman–Crippen MR) is 67.1 cm³/mol. The maximum absolute atomic E-state index is 12.9. The highest BCUT2D eigenvalue weighted by atomic mass is 19.4. The van der Waals surface area contributed by atoms with E-state index in [1.54, 1.807) is 6.07 Å². The minimum absolute atomic E-state index is 0.181. The lowest BCUT2D eigenvalue weighted by atomic mass is 10.0. The third-order valence-corrected chi connectivity index (χ3v) is 2.81. The summed E-state index contributed by atoms with van der Waals surface area (Å²) in [5.41, 5.74) is 0.107. The molecule has 1 N–H and O–H groups in total. The largest absolute Gasteiger partial charge is 0.496 e. The SMILES string of the molecule is COc1ccncc1-c1cc(CO)cc(C(F)(F)F)c1. The highest BCUT2D eigenvalue weighted by Gasteiger charge is 2.31. The molecule has 0 saturated heterocycles. The molecule has 3 nitrogen and oxygen atoms in total. The minimum atomic E-state index is -4.48. The molecule has 0 spiro atoms. The fourth-order valence-electron chi connectivity index (χ4n) is 1.88. The number of ether oxygens (including phenoxy) is 1. The zero-order valence-electron chi connectivity index (χ0n) is 10.6. The molecule has 0 bridgehead atoms. The molecule has 2 rings (SSSR count). The standard InChI is InChI=1S/C14H12F3NO2/c1-20-13-2-3-18-7-12(13)10-4-9(8-19)5-11(6-10)14(15,16)17/h2-7,19H,8H2,1H3. The van der Waals surface area contributed by atoms with Crippen LogP contribution in [0.2, 0.25) is 0 Å². The number of alkyl halides is 3. The van der Waals surface area contributed by atoms with Gasteiger partial charge < -0.3 is 9.84 Å². The summed E-state index contributed by atoms with van der Waals surface area (Å²) in [5, 5.41) is 9.11. The Morgan fingerprint density at radius 3 is 2.60 bits per heavy atom. The zero-order valence-corrected chi connectivity index (χ0v) is 10.6. The average molecular weight is 283 g/mol. The van der Waals surface area contributed by atoms with Gasteiger partial charge in [0.15, 0.2) is 0 Å². The van der Waals surface area contributed by atoms with Gasteiger partial charge in [-0.05, 0) is 35.4 Å². The van der Waals surface area contributed by atoms with Crippen molar-refractivity contribution in [3.05, 3.63) is 47.8 Å². The molecular weight excluding hydrogens is 271 g/mol. The van der Waals surface area contributed by atoms with Crippen LogP contribution in [0.1, 0.15) is 11.1 Å². The van der Waals surface area contributed by atoms with Crippen LogP contribution in [0.3, 0.4) is 0 Å². The minimum Gasteiger partial charge on any atom is -0.496 e. The molecule has 0 aliphatic carbocycles. The number of hydrogen-bond donors (Lipinski definition) is 1. The molecule has 0 amide bonds. The molecule has 2 aromatic rings. The van der Waals surface area contributed by atoms with Crippen molar-refractivity contribution in [3.8, 4) is 16.9 Å². The summed E-state index contributed by atoms with van der Waals surface area (Å²) < 4.78 is 43.7. The fourth-order valence-corrected chi connectivity index (χ4v) is 1.88. The Kier molecular flexibility index (Phi) is 3.94. The lowest BCUT2D eigenvalue weighted by molar-refractivity contribution is -0.137. The average Bonchev–Trinajstić information content (AvgIpc) is 2.45. The van der Waals surface area contributed by atoms with Gasteiger partial charge in [-0.1, -0.05) is 0 Å². The summed E-state index contributed by atoms with van der Waals surface area (Å²) in [7, 11) is 1.43. The van der Waals surface area contributed by atoms with Crippen molar-refractivity contribution in [2.24, 2.45) is 0 Å². The Labute approximate surface area is 113 Å². The van der Waals surface area contributed by atoms with Gasteiger partial charge in [-0.15, -0.1) is 0 Å². The highest BCUT2D eigenvalue weighted by molar-refractivity contribution is 5.70. The van der Waals surface area contributed by atoms with Gasteiger partial charge in [0.2, 0.25) is 0 Å². The van der Waals surface area contributed by atoms with Crippen LogP contribution in [0.4, 0.5) is 13.2 Å². The Bertz CT molecular complexity index is 612. The summed E-state index contributed by atoms with van der Waals surface area (Å²) in [6, 6.07) is 4.98. The number of aliphatic hydroxyl groups excluding tert-OH is 1. The van der Waals surface area contributed by atoms with Crippen LogP contribution in [-0.4, -0.2) is 17.2 Å². The second-order valence-corrected chi connectivity index (χ2v) is 4.15. The first-order valence-electron chi connectivity index (χ1n) is 5.76. The van der Waals surface area contributed by atoms with Crippen LogP contribution in [-0.2, 0) is 12.8 Å². The zero-order chi connectivity index (χ0) is 14.8. The Hall–Kier alpha value is -2.08. The molecule has 0 atom stereocenters. The molecule has 1 aromatic carbocycles. The second-order valence-electron chi connectivity index (χ2n) is 4.15. The fraction of sp³-hybridized carbons (Fsp3) is 0.214. The number of benzene rings is 1. The molecule has 1 aromatic heterocycles. The summed E-state index contributed by atoms with van der Waals surface area (Å²) in [5.74, 6) is 0.420. The van der Waals surface area contributed by atoms with Crippen molar-refractivity contribution in [1.29, 1.82) is 0 Å². The van der Waals surface area contributed by atoms with E-state index in [-0.39, 0.29) is 5.56 Å². The van der Waals surface area contributed by atoms with Gasteiger partial charge >= 0.3 is 6.18 Å². The molecule has 0 unspecified atom stereocenters. The maximum atomic E-state index is 12.9. The molecule has 6 heteroatoms. The molecule has 20 heavy (non-hydrogen) atoms. The van der Waals surface area contributed by atoms with E-state index in [2.05, 4.69) is 4.98 Å². The van der Waals surface area contributed by atoms with E-state index in [0.29, 0.717) is 16.9 Å². The van der Waals surface area contributed by atoms with Crippen molar-refractivity contribution < 1.29 is 23.0 Å². The first kappa shape index (κ1) is 14.3. The molecule has 0 aliphatic heterocycles. The first-order chi connectivity index (χ1) is 9.45. The third-order valence-electron chi connectivity index (χ3n) is 2.81. The molecule has 0 aliphatic rings. The Balaban J connectivity index is 2.62. The van der Waals surface area contributed by atoms with Crippen LogP contribution in [0.25, 0.3) is 11.1 Å². The number of methoxy groups -OCH3 is 1. The summed E-state index contributed by atoms with van der Waals surface area (Å²) in [6.45, 7) is -0.473. The van der Waals surface area contributed by atoms with E-state index in [0.717, 1.165) is 12.1 Å². The number of rotatable bonds is 3. The molecule has 0 saturated carbocycles. The molecule has 106 valence electrons. The monoisotopic (exact) mass is 283 g/mol. The lowest BCUT2D eigenvalue weighted by Gasteiger charge is -2.13. The van der Waals surface area contributed by atoms with Crippen LogP contribution in [0.15, 0.2) is 36.7 Å². The van der Waals surface area contributed by atoms with E-state index in [9.17, 15) is 13.2 Å². The van der Waals surface area contributed by atoms with E-state index in [1.165, 1.54) is 25.6 Å². The van der Waals surface area contributed by atoms with Gasteiger partial charge in [-0.2, -0.15) is 13.2 Å². The number of pyridine rings is 1. The highest BCUT2D eigenvalue weighted by Crippen LogP contribution is 2.36. The van der Waals surface area contributed by atoms with Crippen LogP contribution in [0.5, 0.6) is 5.75 Å². The number of hydrogen-bond acceptors (Lipinski definition) is 3. The quantitative estimate of drug-likeness (QED) is 0.940. The number of halogens is 3. The van der Waals surface area contributed by atoms with E-state index >= 15 is 0 Å². The van der Waals surface area contributed by atoms with Crippen molar-refractivity contribution in [2.45, 2.75) is 12.8 Å². The van der Waals surface area contributed by atoms with Crippen LogP contribution >= 0.6 is 0 Å². The third kappa shape index (κ3) is 2.91. The van der Waals surface area contributed by atoms with Crippen molar-refractivity contribution in [2.75, 3.05) is 7.11 Å². The van der Waals surface area contributed by atoms with Gasteiger partial charge in [-0.25, -0.2) is 0 Å². The van der Waals surface area contributed by atoms with Crippen molar-refractivity contribution in [1.82, 2.24) is 4.98 Å². The van der Waals surface area contributed by atoms with Crippen molar-refractivity contribution in [3.63, 3.8) is 0 Å². The normalized spacial score (nSPS) is 11.4. The molecule has 1 heterocycles. The molecule has 0 fully saturated rings. The van der Waals surface area contributed by atoms with Gasteiger partial charge in [-0.3, -0.25) is 4.98 Å². The summed E-state index contributed by atoms with van der Waals surface area (Å²) >= 11 is 0. The number of aliphatic hydroxyl groups is 1. The number of nitrogens with zero attached hydrogens (tertiary/aromatic N) is 1. The van der Waals surface area contributed by atoms with E-state index in [4.69, 9.17) is 9.84 Å². The summed E-state index contributed by atoms with van der Waals surface area (Å²) in [6.07, 6.45) is -1.56. The van der Waals surface area contributed by atoms with Crippen LogP contribution < -0.4 is 4.74 Å². The number of aromatic nitrogens is 1. The molecule has 0 radical (unpaired) electrons. The lowest BCUT2D eigenvalue weighted by Crippen LogP contribution is -2.06. The first-order valence-corrected chi connectivity index (χ1v) is 5.76. The predicted octanol–water partition coefficient (Wildman–Crippen LogP) is 3.27. The summed E-state index contributed by atoms with van der Waals surface area (Å²) in [4.78, 5) is 3.89. The van der Waals surface area contributed by atoms with E-state index in [1.807, 2.05) is 0 Å². The Morgan fingerprint density at radius 2 is 2.00 bits per heavy atom. The van der Waals surface area contributed by atoms with E-state index < -0.39 is 18.3 Å². The topological polar surface area (TPSA) is 42.4 Å². The van der Waals surface area contributed by atoms with Crippen molar-refractivity contribution >= 4 is 0 Å². The smallest absolute Gasteiger partial charge is 0.416 e. The van der Waals surface area contributed by atoms with Gasteiger partial charge in [0.05, 0.1) is 19.3 Å². The van der Waals surface area contributed by atoms with Gasteiger partial charge in [0.1, 0.15) is 5.75 Å². The van der Waals surface area contributed by atoms with Gasteiger partial charge in [0.25, 0.3) is 0 Å².